The van der Waals surface area contributed by atoms with Crippen molar-refractivity contribution < 1.29 is 9.21 Å². The lowest BCUT2D eigenvalue weighted by molar-refractivity contribution is -0.116. The third kappa shape index (κ3) is 2.73. The minimum Gasteiger partial charge on any atom is -0.467 e. The molecule has 1 aromatic carbocycles. The highest BCUT2D eigenvalue weighted by atomic mass is 32.2. The van der Waals surface area contributed by atoms with E-state index in [0.717, 1.165) is 22.7 Å². The average molecular weight is 339 g/mol. The Morgan fingerprint density at radius 1 is 1.33 bits per heavy atom. The molecule has 4 rings (SSSR count). The Morgan fingerprint density at radius 2 is 2.17 bits per heavy atom. The van der Waals surface area contributed by atoms with Crippen LogP contribution in [-0.4, -0.2) is 21.9 Å². The number of furan rings is 1. The first-order valence-corrected chi connectivity index (χ1v) is 8.99. The van der Waals surface area contributed by atoms with Crippen LogP contribution in [0, 0.1) is 0 Å². The number of hydrogen-bond acceptors (Lipinski definition) is 4. The number of thioether (sulfide) groups is 1. The predicted molar refractivity (Wildman–Crippen MR) is 93.3 cm³/mol. The van der Waals surface area contributed by atoms with E-state index in [4.69, 9.17) is 4.42 Å². The van der Waals surface area contributed by atoms with Gasteiger partial charge in [0.15, 0.2) is 0 Å². The van der Waals surface area contributed by atoms with Crippen LogP contribution < -0.4 is 5.32 Å². The molecule has 5 nitrogen and oxygen atoms in total. The SMILES string of the molecule is CSc1ccc([C@H]2CC(=O)Nc3c2cnn3Cc2ccco2)cc1. The van der Waals surface area contributed by atoms with Gasteiger partial charge in [-0.1, -0.05) is 12.1 Å². The van der Waals surface area contributed by atoms with E-state index < -0.39 is 0 Å². The molecule has 0 spiro atoms. The Hall–Kier alpha value is -2.47. The molecular weight excluding hydrogens is 322 g/mol. The molecule has 3 heterocycles. The van der Waals surface area contributed by atoms with Crippen molar-refractivity contribution in [3.63, 3.8) is 0 Å². The van der Waals surface area contributed by atoms with Crippen LogP contribution in [0.2, 0.25) is 0 Å². The highest BCUT2D eigenvalue weighted by Gasteiger charge is 2.30. The standard InChI is InChI=1S/C18H17N3O2S/c1-24-14-6-4-12(5-7-14)15-9-17(22)20-18-16(15)10-19-21(18)11-13-3-2-8-23-13/h2-8,10,15H,9,11H2,1H3,(H,20,22)/t15-/m1/s1. The van der Waals surface area contributed by atoms with Crippen LogP contribution in [0.15, 0.2) is 58.2 Å². The van der Waals surface area contributed by atoms with Gasteiger partial charge >= 0.3 is 0 Å². The van der Waals surface area contributed by atoms with Crippen LogP contribution in [0.4, 0.5) is 5.82 Å². The van der Waals surface area contributed by atoms with E-state index in [1.165, 1.54) is 4.90 Å². The Kier molecular flexibility index (Phi) is 3.90. The third-order valence-corrected chi connectivity index (χ3v) is 5.04. The number of carbonyl (C=O) groups excluding carboxylic acids is 1. The lowest BCUT2D eigenvalue weighted by Crippen LogP contribution is -2.25. The quantitative estimate of drug-likeness (QED) is 0.736. The number of fused-ring (bicyclic) bond motifs is 1. The number of aromatic nitrogens is 2. The van der Waals surface area contributed by atoms with Gasteiger partial charge in [0, 0.05) is 22.8 Å². The number of nitrogens with zero attached hydrogens (tertiary/aromatic N) is 2. The van der Waals surface area contributed by atoms with Gasteiger partial charge in [-0.15, -0.1) is 11.8 Å². The molecule has 0 radical (unpaired) electrons. The molecule has 0 fully saturated rings. The maximum atomic E-state index is 12.2. The van der Waals surface area contributed by atoms with E-state index in [0.29, 0.717) is 13.0 Å². The zero-order valence-electron chi connectivity index (χ0n) is 13.2. The van der Waals surface area contributed by atoms with Crippen LogP contribution in [0.1, 0.15) is 29.2 Å². The molecule has 2 aromatic heterocycles. The first-order valence-electron chi connectivity index (χ1n) is 7.76. The number of anilines is 1. The van der Waals surface area contributed by atoms with Crippen LogP contribution in [-0.2, 0) is 11.3 Å². The van der Waals surface area contributed by atoms with Gasteiger partial charge in [-0.2, -0.15) is 5.10 Å². The van der Waals surface area contributed by atoms with Crippen molar-refractivity contribution in [3.05, 3.63) is 65.7 Å². The second-order valence-corrected chi connectivity index (χ2v) is 6.64. The monoisotopic (exact) mass is 339 g/mol. The van der Waals surface area contributed by atoms with Crippen LogP contribution in [0.25, 0.3) is 0 Å². The van der Waals surface area contributed by atoms with Crippen LogP contribution in [0.3, 0.4) is 0 Å². The summed E-state index contributed by atoms with van der Waals surface area (Å²) in [6, 6.07) is 12.1. The molecule has 0 saturated carbocycles. The maximum absolute atomic E-state index is 12.2. The van der Waals surface area contributed by atoms with Crippen molar-refractivity contribution in [2.45, 2.75) is 23.8 Å². The zero-order valence-corrected chi connectivity index (χ0v) is 14.0. The minimum absolute atomic E-state index is 0.0163. The number of carbonyl (C=O) groups is 1. The Morgan fingerprint density at radius 3 is 2.88 bits per heavy atom. The fourth-order valence-corrected chi connectivity index (χ4v) is 3.48. The zero-order chi connectivity index (χ0) is 16.5. The van der Waals surface area contributed by atoms with Crippen molar-refractivity contribution in [2.24, 2.45) is 0 Å². The van der Waals surface area contributed by atoms with Gasteiger partial charge in [0.1, 0.15) is 18.1 Å². The Balaban J connectivity index is 1.69. The van der Waals surface area contributed by atoms with E-state index in [2.05, 4.69) is 40.9 Å². The Labute approximate surface area is 144 Å². The normalized spacial score (nSPS) is 16.7. The number of rotatable bonds is 4. The first kappa shape index (κ1) is 15.1. The summed E-state index contributed by atoms with van der Waals surface area (Å²) < 4.78 is 7.17. The topological polar surface area (TPSA) is 60.1 Å². The summed E-state index contributed by atoms with van der Waals surface area (Å²) in [6.07, 6.45) is 5.99. The summed E-state index contributed by atoms with van der Waals surface area (Å²) in [4.78, 5) is 13.4. The first-order chi connectivity index (χ1) is 11.7. The van der Waals surface area contributed by atoms with E-state index in [-0.39, 0.29) is 11.8 Å². The molecule has 1 amide bonds. The predicted octanol–water partition coefficient (Wildman–Crippen LogP) is 3.72. The van der Waals surface area contributed by atoms with Crippen molar-refractivity contribution in [1.82, 2.24) is 9.78 Å². The number of amides is 1. The molecule has 122 valence electrons. The molecule has 0 bridgehead atoms. The molecule has 0 saturated heterocycles. The number of hydrogen-bond donors (Lipinski definition) is 1. The van der Waals surface area contributed by atoms with Gasteiger partial charge in [-0.3, -0.25) is 4.79 Å². The van der Waals surface area contributed by atoms with Gasteiger partial charge in [-0.05, 0) is 36.1 Å². The van der Waals surface area contributed by atoms with Crippen molar-refractivity contribution in [3.8, 4) is 0 Å². The largest absolute Gasteiger partial charge is 0.467 e. The number of benzene rings is 1. The summed E-state index contributed by atoms with van der Waals surface area (Å²) in [5.41, 5.74) is 2.19. The molecular formula is C18H17N3O2S. The minimum atomic E-state index is 0.0163. The second kappa shape index (κ2) is 6.20. The number of nitrogens with one attached hydrogen (secondary N) is 1. The molecule has 1 N–H and O–H groups in total. The molecule has 0 unspecified atom stereocenters. The van der Waals surface area contributed by atoms with E-state index in [1.54, 1.807) is 22.7 Å². The highest BCUT2D eigenvalue weighted by Crippen LogP contribution is 2.37. The van der Waals surface area contributed by atoms with Crippen LogP contribution in [0.5, 0.6) is 0 Å². The van der Waals surface area contributed by atoms with Gasteiger partial charge in [0.05, 0.1) is 12.5 Å². The smallest absolute Gasteiger partial charge is 0.226 e. The van der Waals surface area contributed by atoms with Crippen LogP contribution >= 0.6 is 11.8 Å². The lowest BCUT2D eigenvalue weighted by atomic mass is 9.87. The van der Waals surface area contributed by atoms with Gasteiger partial charge in [-0.25, -0.2) is 4.68 Å². The van der Waals surface area contributed by atoms with Gasteiger partial charge < -0.3 is 9.73 Å². The van der Waals surface area contributed by atoms with E-state index in [1.807, 2.05) is 18.3 Å². The van der Waals surface area contributed by atoms with Crippen molar-refractivity contribution >= 4 is 23.5 Å². The van der Waals surface area contributed by atoms with Crippen molar-refractivity contribution in [1.29, 1.82) is 0 Å². The molecule has 0 aliphatic carbocycles. The third-order valence-electron chi connectivity index (χ3n) is 4.29. The highest BCUT2D eigenvalue weighted by molar-refractivity contribution is 7.98. The summed E-state index contributed by atoms with van der Waals surface area (Å²) in [7, 11) is 0. The molecule has 1 aliphatic heterocycles. The summed E-state index contributed by atoms with van der Waals surface area (Å²) in [6.45, 7) is 0.501. The van der Waals surface area contributed by atoms with Gasteiger partial charge in [0.2, 0.25) is 5.91 Å². The molecule has 1 atom stereocenters. The average Bonchev–Trinajstić information content (AvgIpc) is 3.25. The molecule has 1 aliphatic rings. The fourth-order valence-electron chi connectivity index (χ4n) is 3.07. The lowest BCUT2D eigenvalue weighted by Gasteiger charge is -2.23. The second-order valence-electron chi connectivity index (χ2n) is 5.76. The Bertz CT molecular complexity index is 853. The fraction of sp³-hybridized carbons (Fsp3) is 0.222. The van der Waals surface area contributed by atoms with E-state index >= 15 is 0 Å². The summed E-state index contributed by atoms with van der Waals surface area (Å²) in [5.74, 6) is 1.63. The maximum Gasteiger partial charge on any atom is 0.226 e. The molecule has 6 heteroatoms. The van der Waals surface area contributed by atoms with Crippen molar-refractivity contribution in [2.75, 3.05) is 11.6 Å². The van der Waals surface area contributed by atoms with E-state index in [9.17, 15) is 4.79 Å². The molecule has 24 heavy (non-hydrogen) atoms. The summed E-state index contributed by atoms with van der Waals surface area (Å²) in [5, 5.41) is 7.41. The summed E-state index contributed by atoms with van der Waals surface area (Å²) >= 11 is 1.71. The van der Waals surface area contributed by atoms with Gasteiger partial charge in [0.25, 0.3) is 0 Å². The molecule has 3 aromatic rings.